The summed E-state index contributed by atoms with van der Waals surface area (Å²) in [7, 11) is 1.58. The Bertz CT molecular complexity index is 564. The maximum absolute atomic E-state index is 12.8. The molecular formula is C17H24ClNO3. The average Bonchev–Trinajstić information content (AvgIpc) is 2.42. The molecule has 0 saturated carbocycles. The van der Waals surface area contributed by atoms with Crippen molar-refractivity contribution >= 4 is 17.4 Å². The molecule has 0 N–H and O–H groups in total. The summed E-state index contributed by atoms with van der Waals surface area (Å²) in [6.07, 6.45) is 0.280. The van der Waals surface area contributed by atoms with Gasteiger partial charge < -0.3 is 9.47 Å². The number of benzene rings is 1. The van der Waals surface area contributed by atoms with Crippen LogP contribution in [0.3, 0.4) is 0 Å². The molecule has 0 radical (unpaired) electrons. The molecule has 0 aliphatic carbocycles. The van der Waals surface area contributed by atoms with Crippen molar-refractivity contribution in [2.75, 3.05) is 26.7 Å². The monoisotopic (exact) mass is 325 g/mol. The van der Waals surface area contributed by atoms with E-state index in [1.165, 1.54) is 0 Å². The molecule has 1 heterocycles. The van der Waals surface area contributed by atoms with Gasteiger partial charge >= 0.3 is 0 Å². The highest BCUT2D eigenvalue weighted by molar-refractivity contribution is 6.32. The standard InChI is InChI=1S/C17H24ClNO3/c1-10-6-15(21-5)16(13(4)17(10)18)14(20)9-19-7-11(2)22-12(3)8-19/h6,11-12H,7-9H2,1-5H3. The van der Waals surface area contributed by atoms with E-state index < -0.39 is 0 Å². The molecule has 0 aromatic heterocycles. The zero-order valence-electron chi connectivity index (χ0n) is 13.9. The second kappa shape index (κ2) is 6.99. The Labute approximate surface area is 137 Å². The molecule has 2 atom stereocenters. The highest BCUT2D eigenvalue weighted by Crippen LogP contribution is 2.32. The van der Waals surface area contributed by atoms with E-state index in [-0.39, 0.29) is 18.0 Å². The predicted octanol–water partition coefficient (Wildman–Crippen LogP) is 3.26. The normalized spacial score (nSPS) is 22.6. The lowest BCUT2D eigenvalue weighted by atomic mass is 9.99. The lowest BCUT2D eigenvalue weighted by Crippen LogP contribution is -2.47. The van der Waals surface area contributed by atoms with Crippen LogP contribution >= 0.6 is 11.6 Å². The van der Waals surface area contributed by atoms with E-state index in [1.807, 2.05) is 33.8 Å². The number of nitrogens with zero attached hydrogens (tertiary/aromatic N) is 1. The van der Waals surface area contributed by atoms with Crippen LogP contribution in [0.1, 0.15) is 35.3 Å². The fourth-order valence-corrected chi connectivity index (χ4v) is 3.27. The van der Waals surface area contributed by atoms with E-state index in [2.05, 4.69) is 4.90 Å². The lowest BCUT2D eigenvalue weighted by molar-refractivity contribution is -0.0652. The number of hydrogen-bond acceptors (Lipinski definition) is 4. The maximum atomic E-state index is 12.8. The number of ether oxygens (including phenoxy) is 2. The molecule has 4 nitrogen and oxygen atoms in total. The number of Topliss-reactive ketones (excluding diaryl/α,β-unsaturated/α-hetero) is 1. The van der Waals surface area contributed by atoms with Crippen LogP contribution in [0, 0.1) is 13.8 Å². The first-order valence-electron chi connectivity index (χ1n) is 7.58. The zero-order chi connectivity index (χ0) is 16.4. The number of ketones is 1. The Morgan fingerprint density at radius 3 is 2.50 bits per heavy atom. The molecule has 1 aromatic carbocycles. The Kier molecular flexibility index (Phi) is 5.48. The molecule has 0 bridgehead atoms. The van der Waals surface area contributed by atoms with Gasteiger partial charge in [0.1, 0.15) is 5.75 Å². The number of rotatable bonds is 4. The topological polar surface area (TPSA) is 38.8 Å². The van der Waals surface area contributed by atoms with Gasteiger partial charge in [0, 0.05) is 18.1 Å². The van der Waals surface area contributed by atoms with E-state index >= 15 is 0 Å². The Morgan fingerprint density at radius 2 is 1.95 bits per heavy atom. The first-order chi connectivity index (χ1) is 10.3. The van der Waals surface area contributed by atoms with Crippen molar-refractivity contribution in [2.24, 2.45) is 0 Å². The second-order valence-corrected chi connectivity index (χ2v) is 6.46. The number of carbonyl (C=O) groups is 1. The first-order valence-corrected chi connectivity index (χ1v) is 7.96. The van der Waals surface area contributed by atoms with Gasteiger partial charge in [-0.1, -0.05) is 11.6 Å². The number of carbonyl (C=O) groups excluding carboxylic acids is 1. The van der Waals surface area contributed by atoms with Gasteiger partial charge in [-0.2, -0.15) is 0 Å². The van der Waals surface area contributed by atoms with Crippen molar-refractivity contribution in [3.8, 4) is 5.75 Å². The van der Waals surface area contributed by atoms with Crippen LogP contribution < -0.4 is 4.74 Å². The van der Waals surface area contributed by atoms with Crippen molar-refractivity contribution in [3.63, 3.8) is 0 Å². The van der Waals surface area contributed by atoms with Crippen LogP contribution in [0.5, 0.6) is 5.75 Å². The van der Waals surface area contributed by atoms with Crippen molar-refractivity contribution in [1.29, 1.82) is 0 Å². The van der Waals surface area contributed by atoms with E-state index in [0.29, 0.717) is 22.9 Å². The lowest BCUT2D eigenvalue weighted by Gasteiger charge is -2.35. The van der Waals surface area contributed by atoms with Crippen LogP contribution in [-0.4, -0.2) is 49.6 Å². The summed E-state index contributed by atoms with van der Waals surface area (Å²) in [6.45, 7) is 9.72. The molecule has 5 heteroatoms. The molecule has 1 aliphatic rings. The summed E-state index contributed by atoms with van der Waals surface area (Å²) in [6, 6.07) is 1.83. The van der Waals surface area contributed by atoms with Crippen molar-refractivity contribution in [1.82, 2.24) is 4.90 Å². The molecule has 1 aromatic rings. The van der Waals surface area contributed by atoms with Crippen LogP contribution in [0.2, 0.25) is 5.02 Å². The SMILES string of the molecule is COc1cc(C)c(Cl)c(C)c1C(=O)CN1CC(C)OC(C)C1. The van der Waals surface area contributed by atoms with Crippen LogP contribution in [0.15, 0.2) is 6.07 Å². The number of halogens is 1. The molecule has 1 saturated heterocycles. The molecular weight excluding hydrogens is 302 g/mol. The smallest absolute Gasteiger partial charge is 0.180 e. The summed E-state index contributed by atoms with van der Waals surface area (Å²) < 4.78 is 11.1. The third kappa shape index (κ3) is 3.62. The molecule has 122 valence electrons. The fourth-order valence-electron chi connectivity index (χ4n) is 3.13. The van der Waals surface area contributed by atoms with Crippen molar-refractivity contribution in [3.05, 3.63) is 27.8 Å². The number of morpholine rings is 1. The number of methoxy groups -OCH3 is 1. The summed E-state index contributed by atoms with van der Waals surface area (Å²) in [4.78, 5) is 14.9. The van der Waals surface area contributed by atoms with Gasteiger partial charge in [0.05, 0.1) is 31.4 Å². The van der Waals surface area contributed by atoms with E-state index in [9.17, 15) is 4.79 Å². The van der Waals surface area contributed by atoms with Gasteiger partial charge in [0.2, 0.25) is 0 Å². The van der Waals surface area contributed by atoms with Crippen LogP contribution in [0.25, 0.3) is 0 Å². The molecule has 1 aliphatic heterocycles. The summed E-state index contributed by atoms with van der Waals surface area (Å²) in [5, 5.41) is 0.632. The average molecular weight is 326 g/mol. The Morgan fingerprint density at radius 1 is 1.36 bits per heavy atom. The highest BCUT2D eigenvalue weighted by atomic mass is 35.5. The summed E-state index contributed by atoms with van der Waals surface area (Å²) in [5.41, 5.74) is 2.30. The van der Waals surface area contributed by atoms with Crippen LogP contribution in [0.4, 0.5) is 0 Å². The Hall–Kier alpha value is -1.10. The molecule has 2 rings (SSSR count). The molecule has 1 fully saturated rings. The molecule has 2 unspecified atom stereocenters. The van der Waals surface area contributed by atoms with E-state index in [1.54, 1.807) is 7.11 Å². The van der Waals surface area contributed by atoms with E-state index in [4.69, 9.17) is 21.1 Å². The van der Waals surface area contributed by atoms with Crippen molar-refractivity contribution < 1.29 is 14.3 Å². The summed E-state index contributed by atoms with van der Waals surface area (Å²) >= 11 is 6.30. The molecule has 0 amide bonds. The Balaban J connectivity index is 2.24. The van der Waals surface area contributed by atoms with Gasteiger partial charge in [0.15, 0.2) is 5.78 Å². The van der Waals surface area contributed by atoms with Gasteiger partial charge in [-0.15, -0.1) is 0 Å². The zero-order valence-corrected chi connectivity index (χ0v) is 14.7. The van der Waals surface area contributed by atoms with E-state index in [0.717, 1.165) is 24.2 Å². The minimum absolute atomic E-state index is 0.0394. The molecule has 22 heavy (non-hydrogen) atoms. The quantitative estimate of drug-likeness (QED) is 0.797. The van der Waals surface area contributed by atoms with Gasteiger partial charge in [-0.3, -0.25) is 9.69 Å². The second-order valence-electron chi connectivity index (χ2n) is 6.08. The third-order valence-corrected chi connectivity index (χ3v) is 4.59. The number of aryl methyl sites for hydroxylation is 1. The summed E-state index contributed by atoms with van der Waals surface area (Å²) in [5.74, 6) is 0.635. The minimum atomic E-state index is 0.0394. The fraction of sp³-hybridized carbons (Fsp3) is 0.588. The predicted molar refractivity (Wildman–Crippen MR) is 88.3 cm³/mol. The maximum Gasteiger partial charge on any atom is 0.180 e. The first kappa shape index (κ1) is 17.3. The number of hydrogen-bond donors (Lipinski definition) is 0. The van der Waals surface area contributed by atoms with Crippen LogP contribution in [-0.2, 0) is 4.74 Å². The van der Waals surface area contributed by atoms with Crippen molar-refractivity contribution in [2.45, 2.75) is 39.9 Å². The van der Waals surface area contributed by atoms with Gasteiger partial charge in [-0.05, 0) is 44.9 Å². The largest absolute Gasteiger partial charge is 0.496 e. The van der Waals surface area contributed by atoms with Gasteiger partial charge in [-0.25, -0.2) is 0 Å². The molecule has 0 spiro atoms. The highest BCUT2D eigenvalue weighted by Gasteiger charge is 2.26. The van der Waals surface area contributed by atoms with Gasteiger partial charge in [0.25, 0.3) is 0 Å². The third-order valence-electron chi connectivity index (χ3n) is 4.01. The minimum Gasteiger partial charge on any atom is -0.496 e.